The molecular formula is C29H50O4. The van der Waals surface area contributed by atoms with Crippen molar-refractivity contribution in [1.82, 2.24) is 0 Å². The van der Waals surface area contributed by atoms with Crippen LogP contribution in [0.4, 0.5) is 0 Å². The van der Waals surface area contributed by atoms with Gasteiger partial charge in [-0.15, -0.1) is 0 Å². The number of hydrogen-bond acceptors (Lipinski definition) is 3. The number of aliphatic carboxylic acids is 1. The quantitative estimate of drug-likeness (QED) is 0.161. The molecule has 0 saturated carbocycles. The lowest BCUT2D eigenvalue weighted by atomic mass is 10.0. The van der Waals surface area contributed by atoms with Crippen LogP contribution in [0.3, 0.4) is 0 Å². The van der Waals surface area contributed by atoms with Gasteiger partial charge in [0.25, 0.3) is 0 Å². The zero-order valence-electron chi connectivity index (χ0n) is 21.2. The van der Waals surface area contributed by atoms with Crippen LogP contribution < -0.4 is 0 Å². The number of benzene rings is 1. The van der Waals surface area contributed by atoms with E-state index in [4.69, 9.17) is 9.84 Å². The molecular weight excluding hydrogens is 412 g/mol. The summed E-state index contributed by atoms with van der Waals surface area (Å²) >= 11 is 0. The van der Waals surface area contributed by atoms with Crippen LogP contribution in [0.15, 0.2) is 30.3 Å². The Hall–Kier alpha value is -1.39. The molecule has 0 spiro atoms. The number of aliphatic hydroxyl groups is 1. The Balaban J connectivity index is 2.07. The molecule has 33 heavy (non-hydrogen) atoms. The molecule has 2 atom stereocenters. The Morgan fingerprint density at radius 3 is 1.76 bits per heavy atom. The summed E-state index contributed by atoms with van der Waals surface area (Å²) in [5.41, 5.74) is 1.10. The first-order chi connectivity index (χ1) is 16.1. The summed E-state index contributed by atoms with van der Waals surface area (Å²) in [6.07, 6.45) is 20.2. The zero-order valence-corrected chi connectivity index (χ0v) is 21.2. The van der Waals surface area contributed by atoms with E-state index in [0.717, 1.165) is 18.4 Å². The van der Waals surface area contributed by atoms with E-state index < -0.39 is 12.1 Å². The van der Waals surface area contributed by atoms with E-state index in [0.29, 0.717) is 13.0 Å². The fraction of sp³-hybridized carbons (Fsp3) is 0.759. The Labute approximate surface area is 203 Å². The average Bonchev–Trinajstić information content (AvgIpc) is 2.80. The number of hydrogen-bond donors (Lipinski definition) is 2. The third kappa shape index (κ3) is 18.7. The first-order valence-electron chi connectivity index (χ1n) is 13.7. The first kappa shape index (κ1) is 29.6. The molecule has 0 amide bonds. The Kier molecular flexibility index (Phi) is 19.0. The van der Waals surface area contributed by atoms with Crippen molar-refractivity contribution >= 4 is 5.97 Å². The van der Waals surface area contributed by atoms with Crippen LogP contribution in [0.5, 0.6) is 0 Å². The van der Waals surface area contributed by atoms with Crippen molar-refractivity contribution in [3.8, 4) is 0 Å². The number of carboxylic acid groups (broad SMARTS) is 1. The molecule has 190 valence electrons. The van der Waals surface area contributed by atoms with Crippen LogP contribution >= 0.6 is 0 Å². The minimum absolute atomic E-state index is 0.0958. The number of aliphatic hydroxyl groups excluding tert-OH is 1. The van der Waals surface area contributed by atoms with E-state index in [1.165, 1.54) is 89.9 Å². The van der Waals surface area contributed by atoms with Crippen LogP contribution in [0.1, 0.15) is 128 Å². The standard InChI is InChI=1S/C29H50O4/c1-2-3-4-5-6-7-8-9-10-11-12-13-14-15-19-22-28(23-27(30)24-29(31)32)33-25-26-20-17-16-18-21-26/h16-18,20-21,27-28,30H,2-15,19,22-25H2,1H3,(H,31,32)/t27-,28+/m0/s1. The molecule has 0 unspecified atom stereocenters. The highest BCUT2D eigenvalue weighted by Crippen LogP contribution is 2.18. The highest BCUT2D eigenvalue weighted by atomic mass is 16.5. The number of ether oxygens (including phenoxy) is 1. The van der Waals surface area contributed by atoms with Crippen LogP contribution in [0.2, 0.25) is 0 Å². The maximum Gasteiger partial charge on any atom is 0.305 e. The largest absolute Gasteiger partial charge is 0.481 e. The van der Waals surface area contributed by atoms with Gasteiger partial charge >= 0.3 is 5.97 Å². The van der Waals surface area contributed by atoms with Gasteiger partial charge in [0.2, 0.25) is 0 Å². The van der Waals surface area contributed by atoms with Crippen molar-refractivity contribution < 1.29 is 19.7 Å². The Bertz CT molecular complexity index is 560. The van der Waals surface area contributed by atoms with Crippen molar-refractivity contribution in [2.24, 2.45) is 0 Å². The molecule has 4 nitrogen and oxygen atoms in total. The minimum atomic E-state index is -0.962. The predicted molar refractivity (Wildman–Crippen MR) is 137 cm³/mol. The van der Waals surface area contributed by atoms with Crippen molar-refractivity contribution in [3.63, 3.8) is 0 Å². The molecule has 0 aromatic heterocycles. The first-order valence-corrected chi connectivity index (χ1v) is 13.7. The van der Waals surface area contributed by atoms with Gasteiger partial charge in [-0.25, -0.2) is 0 Å². The maximum atomic E-state index is 10.9. The van der Waals surface area contributed by atoms with Crippen LogP contribution in [-0.2, 0) is 16.1 Å². The van der Waals surface area contributed by atoms with Crippen molar-refractivity contribution in [2.75, 3.05) is 0 Å². The summed E-state index contributed by atoms with van der Waals surface area (Å²) in [4.78, 5) is 10.9. The Morgan fingerprint density at radius 1 is 0.788 bits per heavy atom. The third-order valence-electron chi connectivity index (χ3n) is 6.40. The summed E-state index contributed by atoms with van der Waals surface area (Å²) < 4.78 is 6.05. The van der Waals surface area contributed by atoms with E-state index in [1.54, 1.807) is 0 Å². The SMILES string of the molecule is CCCCCCCCCCCCCCCCC[C@H](C[C@H](O)CC(=O)O)OCc1ccccc1. The summed E-state index contributed by atoms with van der Waals surface area (Å²) in [7, 11) is 0. The highest BCUT2D eigenvalue weighted by Gasteiger charge is 2.17. The lowest BCUT2D eigenvalue weighted by Gasteiger charge is -2.20. The topological polar surface area (TPSA) is 66.8 Å². The van der Waals surface area contributed by atoms with Crippen molar-refractivity contribution in [3.05, 3.63) is 35.9 Å². The molecule has 0 bridgehead atoms. The predicted octanol–water partition coefficient (Wildman–Crippen LogP) is 8.06. The monoisotopic (exact) mass is 462 g/mol. The van der Waals surface area contributed by atoms with Gasteiger partial charge in [-0.1, -0.05) is 134 Å². The van der Waals surface area contributed by atoms with Gasteiger partial charge < -0.3 is 14.9 Å². The number of unbranched alkanes of at least 4 members (excludes halogenated alkanes) is 14. The number of carboxylic acids is 1. The smallest absolute Gasteiger partial charge is 0.305 e. The average molecular weight is 463 g/mol. The molecule has 1 aromatic carbocycles. The van der Waals surface area contributed by atoms with E-state index in [1.807, 2.05) is 30.3 Å². The number of carbonyl (C=O) groups is 1. The molecule has 4 heteroatoms. The molecule has 1 rings (SSSR count). The Morgan fingerprint density at radius 2 is 1.27 bits per heavy atom. The molecule has 0 radical (unpaired) electrons. The molecule has 0 saturated heterocycles. The van der Waals surface area contributed by atoms with Gasteiger partial charge in [0.05, 0.1) is 25.2 Å². The minimum Gasteiger partial charge on any atom is -0.481 e. The zero-order chi connectivity index (χ0) is 24.0. The molecule has 0 fully saturated rings. The second-order valence-corrected chi connectivity index (χ2v) is 9.64. The molecule has 2 N–H and O–H groups in total. The fourth-order valence-corrected chi connectivity index (χ4v) is 4.39. The summed E-state index contributed by atoms with van der Waals surface area (Å²) in [6.45, 7) is 2.78. The van der Waals surface area contributed by atoms with E-state index in [2.05, 4.69) is 6.92 Å². The number of rotatable bonds is 23. The van der Waals surface area contributed by atoms with Gasteiger partial charge in [0.15, 0.2) is 0 Å². The lowest BCUT2D eigenvalue weighted by molar-refractivity contribution is -0.139. The molecule has 0 aliphatic rings. The van der Waals surface area contributed by atoms with Gasteiger partial charge in [0, 0.05) is 6.42 Å². The molecule has 1 aromatic rings. The normalized spacial score (nSPS) is 13.2. The summed E-state index contributed by atoms with van der Waals surface area (Å²) in [6, 6.07) is 10.0. The van der Waals surface area contributed by atoms with Gasteiger partial charge in [-0.2, -0.15) is 0 Å². The van der Waals surface area contributed by atoms with E-state index >= 15 is 0 Å². The summed E-state index contributed by atoms with van der Waals surface area (Å²) in [5.74, 6) is -0.962. The van der Waals surface area contributed by atoms with Crippen LogP contribution in [-0.4, -0.2) is 28.4 Å². The highest BCUT2D eigenvalue weighted by molar-refractivity contribution is 5.67. The van der Waals surface area contributed by atoms with Gasteiger partial charge in [-0.3, -0.25) is 4.79 Å². The van der Waals surface area contributed by atoms with Gasteiger partial charge in [0.1, 0.15) is 0 Å². The van der Waals surface area contributed by atoms with Crippen molar-refractivity contribution in [1.29, 1.82) is 0 Å². The summed E-state index contributed by atoms with van der Waals surface area (Å²) in [5, 5.41) is 19.0. The lowest BCUT2D eigenvalue weighted by Crippen LogP contribution is -2.23. The van der Waals surface area contributed by atoms with Crippen molar-refractivity contribution in [2.45, 2.75) is 141 Å². The van der Waals surface area contributed by atoms with Gasteiger partial charge in [-0.05, 0) is 12.0 Å². The second-order valence-electron chi connectivity index (χ2n) is 9.64. The molecule has 0 aliphatic heterocycles. The van der Waals surface area contributed by atoms with E-state index in [9.17, 15) is 9.90 Å². The molecule has 0 aliphatic carbocycles. The van der Waals surface area contributed by atoms with E-state index in [-0.39, 0.29) is 12.5 Å². The van der Waals surface area contributed by atoms with Crippen LogP contribution in [0.25, 0.3) is 0 Å². The molecule has 0 heterocycles. The fourth-order valence-electron chi connectivity index (χ4n) is 4.39. The second kappa shape index (κ2) is 21.2. The maximum absolute atomic E-state index is 10.9. The third-order valence-corrected chi connectivity index (χ3v) is 6.40. The van der Waals surface area contributed by atoms with Crippen LogP contribution in [0, 0.1) is 0 Å².